The highest BCUT2D eigenvalue weighted by Crippen LogP contribution is 2.18. The lowest BCUT2D eigenvalue weighted by molar-refractivity contribution is 0.306. The third-order valence-corrected chi connectivity index (χ3v) is 3.31. The van der Waals surface area contributed by atoms with Crippen LogP contribution in [0.4, 0.5) is 0 Å². The van der Waals surface area contributed by atoms with Gasteiger partial charge in [0.2, 0.25) is 0 Å². The number of ether oxygens (including phenoxy) is 1. The Morgan fingerprint density at radius 3 is 2.63 bits per heavy atom. The van der Waals surface area contributed by atoms with Gasteiger partial charge in [-0.1, -0.05) is 43.1 Å². The molecule has 1 aromatic carbocycles. The largest absolute Gasteiger partial charge is 0.489 e. The van der Waals surface area contributed by atoms with E-state index < -0.39 is 0 Å². The second-order valence-electron chi connectivity index (χ2n) is 4.49. The number of pyridine rings is 1. The summed E-state index contributed by atoms with van der Waals surface area (Å²) in [5.41, 5.74) is 2.26. The molecule has 0 aliphatic rings. The number of hydrogen-bond donors (Lipinski definition) is 0. The Morgan fingerprint density at radius 2 is 1.95 bits per heavy atom. The molecule has 1 aromatic heterocycles. The van der Waals surface area contributed by atoms with E-state index in [0.717, 1.165) is 17.7 Å². The maximum absolute atomic E-state index is 5.98. The summed E-state index contributed by atoms with van der Waals surface area (Å²) in [7, 11) is 0. The number of benzene rings is 1. The van der Waals surface area contributed by atoms with E-state index >= 15 is 0 Å². The average Bonchev–Trinajstić information content (AvgIpc) is 2.45. The highest BCUT2D eigenvalue weighted by Gasteiger charge is 2.01. The second-order valence-corrected chi connectivity index (χ2v) is 4.85. The van der Waals surface area contributed by atoms with Crippen molar-refractivity contribution in [2.24, 2.45) is 0 Å². The van der Waals surface area contributed by atoms with E-state index in [9.17, 15) is 0 Å². The van der Waals surface area contributed by atoms with Gasteiger partial charge in [-0.05, 0) is 36.6 Å². The molecule has 2 rings (SSSR count). The second kappa shape index (κ2) is 7.15. The van der Waals surface area contributed by atoms with Crippen molar-refractivity contribution in [1.29, 1.82) is 0 Å². The molecule has 1 heterocycles. The lowest BCUT2D eigenvalue weighted by atomic mass is 10.1. The summed E-state index contributed by atoms with van der Waals surface area (Å²) in [4.78, 5) is 4.02. The number of hydrogen-bond acceptors (Lipinski definition) is 2. The number of aryl methyl sites for hydroxylation is 1. The Hall–Kier alpha value is -1.54. The van der Waals surface area contributed by atoms with Gasteiger partial charge in [-0.15, -0.1) is 0 Å². The Balaban J connectivity index is 1.91. The van der Waals surface area contributed by atoms with Crippen molar-refractivity contribution in [3.63, 3.8) is 0 Å². The van der Waals surface area contributed by atoms with Crippen molar-refractivity contribution in [3.05, 3.63) is 58.9 Å². The summed E-state index contributed by atoms with van der Waals surface area (Å²) in [5, 5.41) is 0.502. The van der Waals surface area contributed by atoms with Crippen LogP contribution < -0.4 is 4.74 Å². The van der Waals surface area contributed by atoms with Gasteiger partial charge in [-0.25, -0.2) is 4.98 Å². The van der Waals surface area contributed by atoms with E-state index in [1.165, 1.54) is 18.4 Å². The number of nitrogens with zero attached hydrogens (tertiary/aromatic N) is 1. The minimum atomic E-state index is 0.445. The molecule has 0 fully saturated rings. The molecule has 100 valence electrons. The first-order chi connectivity index (χ1) is 9.29. The molecule has 0 amide bonds. The lowest BCUT2D eigenvalue weighted by Gasteiger charge is -2.08. The predicted octanol–water partition coefficient (Wildman–Crippen LogP) is 4.66. The molecule has 0 spiro atoms. The molecule has 19 heavy (non-hydrogen) atoms. The maximum Gasteiger partial charge on any atom is 0.135 e. The monoisotopic (exact) mass is 275 g/mol. The van der Waals surface area contributed by atoms with Crippen molar-refractivity contribution in [1.82, 2.24) is 4.98 Å². The molecular weight excluding hydrogens is 258 g/mol. The minimum Gasteiger partial charge on any atom is -0.489 e. The molecule has 0 atom stereocenters. The quantitative estimate of drug-likeness (QED) is 0.716. The van der Waals surface area contributed by atoms with Crippen LogP contribution in [0.25, 0.3) is 0 Å². The number of aromatic nitrogens is 1. The first-order valence-corrected chi connectivity index (χ1v) is 6.98. The molecule has 0 bridgehead atoms. The van der Waals surface area contributed by atoms with Crippen LogP contribution in [-0.2, 0) is 13.0 Å². The summed E-state index contributed by atoms with van der Waals surface area (Å²) < 4.78 is 5.71. The molecule has 2 aromatic rings. The van der Waals surface area contributed by atoms with Gasteiger partial charge in [-0.3, -0.25) is 0 Å². The molecule has 3 heteroatoms. The van der Waals surface area contributed by atoms with Crippen LogP contribution in [0.1, 0.15) is 30.9 Å². The molecule has 0 radical (unpaired) electrons. The van der Waals surface area contributed by atoms with Crippen LogP contribution in [-0.4, -0.2) is 4.98 Å². The molecule has 0 saturated heterocycles. The Morgan fingerprint density at radius 1 is 1.16 bits per heavy atom. The van der Waals surface area contributed by atoms with Crippen LogP contribution in [0.15, 0.2) is 42.6 Å². The van der Waals surface area contributed by atoms with Crippen molar-refractivity contribution in [2.75, 3.05) is 0 Å². The van der Waals surface area contributed by atoms with E-state index in [4.69, 9.17) is 16.3 Å². The molecule has 0 saturated carbocycles. The highest BCUT2D eigenvalue weighted by atomic mass is 35.5. The van der Waals surface area contributed by atoms with E-state index in [-0.39, 0.29) is 0 Å². The Labute approximate surface area is 119 Å². The van der Waals surface area contributed by atoms with E-state index in [2.05, 4.69) is 24.0 Å². The van der Waals surface area contributed by atoms with Gasteiger partial charge in [0, 0.05) is 11.8 Å². The van der Waals surface area contributed by atoms with Crippen LogP contribution >= 0.6 is 11.6 Å². The fourth-order valence-corrected chi connectivity index (χ4v) is 2.00. The average molecular weight is 276 g/mol. The molecule has 0 aliphatic carbocycles. The summed E-state index contributed by atoms with van der Waals surface area (Å²) in [5.74, 6) is 0.861. The third kappa shape index (κ3) is 4.25. The van der Waals surface area contributed by atoms with Crippen LogP contribution in [0, 0.1) is 0 Å². The van der Waals surface area contributed by atoms with E-state index in [0.29, 0.717) is 11.8 Å². The molecular formula is C16H18ClNO. The fraction of sp³-hybridized carbons (Fsp3) is 0.312. The molecule has 0 unspecified atom stereocenters. The lowest BCUT2D eigenvalue weighted by Crippen LogP contribution is -1.97. The van der Waals surface area contributed by atoms with E-state index in [1.807, 2.05) is 24.3 Å². The zero-order chi connectivity index (χ0) is 13.5. The highest BCUT2D eigenvalue weighted by molar-refractivity contribution is 6.30. The van der Waals surface area contributed by atoms with Gasteiger partial charge in [0.1, 0.15) is 17.5 Å². The van der Waals surface area contributed by atoms with Gasteiger partial charge in [-0.2, -0.15) is 0 Å². The predicted molar refractivity (Wildman–Crippen MR) is 78.6 cm³/mol. The van der Waals surface area contributed by atoms with Gasteiger partial charge in [0.15, 0.2) is 0 Å². The molecule has 0 N–H and O–H groups in total. The zero-order valence-electron chi connectivity index (χ0n) is 11.1. The maximum atomic E-state index is 5.98. The fourth-order valence-electron chi connectivity index (χ4n) is 1.82. The van der Waals surface area contributed by atoms with Crippen molar-refractivity contribution in [3.8, 4) is 5.75 Å². The first-order valence-electron chi connectivity index (χ1n) is 6.60. The number of unbranched alkanes of at least 4 members (excludes halogenated alkanes) is 1. The minimum absolute atomic E-state index is 0.445. The van der Waals surface area contributed by atoms with Gasteiger partial charge in [0.05, 0.1) is 0 Å². The number of halogens is 1. The Bertz CT molecular complexity index is 510. The summed E-state index contributed by atoms with van der Waals surface area (Å²) >= 11 is 5.98. The summed E-state index contributed by atoms with van der Waals surface area (Å²) in [6.45, 7) is 2.65. The summed E-state index contributed by atoms with van der Waals surface area (Å²) in [6.07, 6.45) is 5.25. The van der Waals surface area contributed by atoms with Crippen LogP contribution in [0.5, 0.6) is 5.75 Å². The molecule has 0 aliphatic heterocycles. The number of rotatable bonds is 6. The standard InChI is InChI=1S/C16H18ClNO/c1-2-3-5-13-7-9-15(10-8-13)19-12-14-6-4-11-18-16(14)17/h4,6-11H,2-3,5,12H2,1H3. The SMILES string of the molecule is CCCCc1ccc(OCc2cccnc2Cl)cc1. The smallest absolute Gasteiger partial charge is 0.135 e. The zero-order valence-corrected chi connectivity index (χ0v) is 11.9. The van der Waals surface area contributed by atoms with Gasteiger partial charge >= 0.3 is 0 Å². The van der Waals surface area contributed by atoms with Gasteiger partial charge in [0.25, 0.3) is 0 Å². The third-order valence-electron chi connectivity index (χ3n) is 2.97. The normalized spacial score (nSPS) is 10.4. The van der Waals surface area contributed by atoms with E-state index in [1.54, 1.807) is 6.20 Å². The first kappa shape index (κ1) is 13.9. The topological polar surface area (TPSA) is 22.1 Å². The van der Waals surface area contributed by atoms with Crippen molar-refractivity contribution >= 4 is 11.6 Å². The van der Waals surface area contributed by atoms with Crippen molar-refractivity contribution < 1.29 is 4.74 Å². The van der Waals surface area contributed by atoms with Crippen LogP contribution in [0.3, 0.4) is 0 Å². The van der Waals surface area contributed by atoms with Gasteiger partial charge < -0.3 is 4.74 Å². The summed E-state index contributed by atoms with van der Waals surface area (Å²) in [6, 6.07) is 12.0. The molecule has 2 nitrogen and oxygen atoms in total. The Kier molecular flexibility index (Phi) is 5.22. The van der Waals surface area contributed by atoms with Crippen molar-refractivity contribution in [2.45, 2.75) is 32.8 Å². The van der Waals surface area contributed by atoms with Crippen LogP contribution in [0.2, 0.25) is 5.15 Å².